The van der Waals surface area contributed by atoms with Gasteiger partial charge in [0.05, 0.1) is 0 Å². The first-order valence-corrected chi connectivity index (χ1v) is 6.86. The second-order valence-corrected chi connectivity index (χ2v) is 5.04. The molecule has 0 unspecified atom stereocenters. The van der Waals surface area contributed by atoms with Crippen molar-refractivity contribution < 1.29 is 15.0 Å². The molecule has 2 rings (SSSR count). The van der Waals surface area contributed by atoms with Crippen LogP contribution >= 0.6 is 0 Å². The predicted molar refractivity (Wildman–Crippen MR) is 80.7 cm³/mol. The lowest BCUT2D eigenvalue weighted by Crippen LogP contribution is -2.46. The van der Waals surface area contributed by atoms with Gasteiger partial charge >= 0.3 is 5.97 Å². The molecular weight excluding hydrogens is 266 g/mol. The van der Waals surface area contributed by atoms with Crippen LogP contribution in [-0.2, 0) is 10.4 Å². The molecule has 0 radical (unpaired) electrons. The molecule has 0 aliphatic carbocycles. The largest absolute Gasteiger partial charge is 0.481 e. The number of carbonyl (C=O) groups is 1. The number of hydrogen-bond donors (Lipinski definition) is 3. The summed E-state index contributed by atoms with van der Waals surface area (Å²) in [6, 6.07) is 17.5. The Kier molecular flexibility index (Phi) is 4.73. The molecule has 2 aromatic rings. The summed E-state index contributed by atoms with van der Waals surface area (Å²) in [5.41, 5.74) is 6.07. The third-order valence-electron chi connectivity index (χ3n) is 3.63. The Bertz CT molecular complexity index is 544. The van der Waals surface area contributed by atoms with Crippen molar-refractivity contribution in [2.24, 2.45) is 5.73 Å². The fraction of sp³-hybridized carbons (Fsp3) is 0.235. The Morgan fingerprint density at radius 2 is 1.43 bits per heavy atom. The maximum Gasteiger partial charge on any atom is 0.303 e. The van der Waals surface area contributed by atoms with E-state index in [1.54, 1.807) is 24.3 Å². The van der Waals surface area contributed by atoms with Gasteiger partial charge in [0.1, 0.15) is 5.60 Å². The minimum absolute atomic E-state index is 0.0802. The molecule has 0 aliphatic heterocycles. The third kappa shape index (κ3) is 3.29. The fourth-order valence-corrected chi connectivity index (χ4v) is 2.47. The standard InChI is InChI=1S/C17H19NO3/c18-15(11-12-16(19)20)17(21,13-7-3-1-4-8-13)14-9-5-2-6-10-14/h1-10,15,21H,11-12,18H2,(H,19,20)/t15-/m0/s1. The van der Waals surface area contributed by atoms with Gasteiger partial charge in [-0.3, -0.25) is 4.79 Å². The average molecular weight is 285 g/mol. The SMILES string of the molecule is N[C@@H](CCC(=O)O)C(O)(c1ccccc1)c1ccccc1. The van der Waals surface area contributed by atoms with Gasteiger partial charge in [0.15, 0.2) is 0 Å². The monoisotopic (exact) mass is 285 g/mol. The van der Waals surface area contributed by atoms with Gasteiger partial charge in [-0.15, -0.1) is 0 Å². The van der Waals surface area contributed by atoms with Crippen LogP contribution in [0.2, 0.25) is 0 Å². The quantitative estimate of drug-likeness (QED) is 0.759. The number of aliphatic hydroxyl groups is 1. The molecule has 0 aromatic heterocycles. The van der Waals surface area contributed by atoms with Crippen molar-refractivity contribution in [1.29, 1.82) is 0 Å². The predicted octanol–water partition coefficient (Wildman–Crippen LogP) is 2.11. The van der Waals surface area contributed by atoms with Gasteiger partial charge in [0.25, 0.3) is 0 Å². The van der Waals surface area contributed by atoms with Gasteiger partial charge in [-0.1, -0.05) is 60.7 Å². The van der Waals surface area contributed by atoms with Crippen LogP contribution in [0, 0.1) is 0 Å². The highest BCUT2D eigenvalue weighted by atomic mass is 16.4. The molecule has 0 saturated carbocycles. The van der Waals surface area contributed by atoms with Crippen molar-refractivity contribution in [1.82, 2.24) is 0 Å². The van der Waals surface area contributed by atoms with E-state index in [2.05, 4.69) is 0 Å². The summed E-state index contributed by atoms with van der Waals surface area (Å²) in [5, 5.41) is 20.0. The molecular formula is C17H19NO3. The van der Waals surface area contributed by atoms with Crippen LogP contribution in [-0.4, -0.2) is 22.2 Å². The van der Waals surface area contributed by atoms with E-state index in [1.165, 1.54) is 0 Å². The zero-order valence-electron chi connectivity index (χ0n) is 11.6. The van der Waals surface area contributed by atoms with Gasteiger partial charge in [0.2, 0.25) is 0 Å². The highest BCUT2D eigenvalue weighted by molar-refractivity contribution is 5.66. The maximum absolute atomic E-state index is 11.2. The fourth-order valence-electron chi connectivity index (χ4n) is 2.47. The molecule has 0 amide bonds. The van der Waals surface area contributed by atoms with Gasteiger partial charge in [-0.2, -0.15) is 0 Å². The van der Waals surface area contributed by atoms with E-state index >= 15 is 0 Å². The van der Waals surface area contributed by atoms with Crippen molar-refractivity contribution >= 4 is 5.97 Å². The van der Waals surface area contributed by atoms with Crippen LogP contribution in [0.15, 0.2) is 60.7 Å². The first-order valence-electron chi connectivity index (χ1n) is 6.86. The summed E-state index contributed by atoms with van der Waals surface area (Å²) in [6.45, 7) is 0. The summed E-state index contributed by atoms with van der Waals surface area (Å²) in [6.07, 6.45) is 0.110. The van der Waals surface area contributed by atoms with Crippen molar-refractivity contribution in [2.45, 2.75) is 24.5 Å². The molecule has 2 aromatic carbocycles. The molecule has 0 bridgehead atoms. The number of aliphatic carboxylic acids is 1. The van der Waals surface area contributed by atoms with Gasteiger partial charge in [-0.05, 0) is 17.5 Å². The first kappa shape index (κ1) is 15.2. The summed E-state index contributed by atoms with van der Waals surface area (Å²) in [5.74, 6) is -0.922. The van der Waals surface area contributed by atoms with E-state index in [9.17, 15) is 9.90 Å². The van der Waals surface area contributed by atoms with E-state index in [0.29, 0.717) is 11.1 Å². The van der Waals surface area contributed by atoms with E-state index in [4.69, 9.17) is 10.8 Å². The van der Waals surface area contributed by atoms with Crippen molar-refractivity contribution in [3.05, 3.63) is 71.8 Å². The molecule has 4 N–H and O–H groups in total. The Morgan fingerprint density at radius 3 is 1.81 bits per heavy atom. The second-order valence-electron chi connectivity index (χ2n) is 5.04. The number of rotatable bonds is 6. The Balaban J connectivity index is 2.42. The van der Waals surface area contributed by atoms with E-state index in [0.717, 1.165) is 0 Å². The molecule has 0 spiro atoms. The van der Waals surface area contributed by atoms with Crippen LogP contribution in [0.1, 0.15) is 24.0 Å². The van der Waals surface area contributed by atoms with Crippen molar-refractivity contribution in [3.8, 4) is 0 Å². The Morgan fingerprint density at radius 1 is 1.00 bits per heavy atom. The average Bonchev–Trinajstić information content (AvgIpc) is 2.53. The summed E-state index contributed by atoms with van der Waals surface area (Å²) < 4.78 is 0. The normalized spacial score (nSPS) is 12.9. The smallest absolute Gasteiger partial charge is 0.303 e. The highest BCUT2D eigenvalue weighted by Crippen LogP contribution is 2.33. The number of benzene rings is 2. The lowest BCUT2D eigenvalue weighted by Gasteiger charge is -2.35. The van der Waals surface area contributed by atoms with Crippen LogP contribution in [0.4, 0.5) is 0 Å². The molecule has 0 saturated heterocycles. The minimum Gasteiger partial charge on any atom is -0.481 e. The molecule has 4 heteroatoms. The van der Waals surface area contributed by atoms with Gasteiger partial charge < -0.3 is 15.9 Å². The van der Waals surface area contributed by atoms with E-state index in [1.807, 2.05) is 36.4 Å². The Hall–Kier alpha value is -2.17. The molecule has 0 fully saturated rings. The van der Waals surface area contributed by atoms with Crippen LogP contribution < -0.4 is 5.73 Å². The van der Waals surface area contributed by atoms with E-state index < -0.39 is 17.6 Å². The zero-order chi connectivity index (χ0) is 15.3. The maximum atomic E-state index is 11.2. The molecule has 0 aliphatic rings. The zero-order valence-corrected chi connectivity index (χ0v) is 11.6. The van der Waals surface area contributed by atoms with Crippen LogP contribution in [0.5, 0.6) is 0 Å². The molecule has 4 nitrogen and oxygen atoms in total. The molecule has 0 heterocycles. The minimum atomic E-state index is -1.40. The third-order valence-corrected chi connectivity index (χ3v) is 3.63. The summed E-state index contributed by atoms with van der Waals surface area (Å²) in [4.78, 5) is 10.8. The number of nitrogens with two attached hydrogens (primary N) is 1. The number of carboxylic acids is 1. The topological polar surface area (TPSA) is 83.6 Å². The second kappa shape index (κ2) is 6.52. The molecule has 21 heavy (non-hydrogen) atoms. The number of hydrogen-bond acceptors (Lipinski definition) is 3. The highest BCUT2D eigenvalue weighted by Gasteiger charge is 2.37. The lowest BCUT2D eigenvalue weighted by molar-refractivity contribution is -0.137. The van der Waals surface area contributed by atoms with E-state index in [-0.39, 0.29) is 12.8 Å². The molecule has 110 valence electrons. The molecule has 1 atom stereocenters. The van der Waals surface area contributed by atoms with Gasteiger partial charge in [0, 0.05) is 12.5 Å². The number of carboxylic acid groups (broad SMARTS) is 1. The Labute approximate surface area is 123 Å². The first-order chi connectivity index (χ1) is 10.0. The van der Waals surface area contributed by atoms with Crippen LogP contribution in [0.3, 0.4) is 0 Å². The van der Waals surface area contributed by atoms with Crippen LogP contribution in [0.25, 0.3) is 0 Å². The lowest BCUT2D eigenvalue weighted by atomic mass is 9.79. The van der Waals surface area contributed by atoms with Gasteiger partial charge in [-0.25, -0.2) is 0 Å². The van der Waals surface area contributed by atoms with Crippen molar-refractivity contribution in [3.63, 3.8) is 0 Å². The summed E-state index contributed by atoms with van der Waals surface area (Å²) in [7, 11) is 0. The van der Waals surface area contributed by atoms with Crippen molar-refractivity contribution in [2.75, 3.05) is 0 Å². The summed E-state index contributed by atoms with van der Waals surface area (Å²) >= 11 is 0.